The van der Waals surface area contributed by atoms with Crippen molar-refractivity contribution in [3.8, 4) is 16.9 Å². The highest BCUT2D eigenvalue weighted by Gasteiger charge is 2.44. The van der Waals surface area contributed by atoms with Crippen LogP contribution in [0, 0.1) is 0 Å². The molecule has 2 atom stereocenters. The average molecular weight is 362 g/mol. The van der Waals surface area contributed by atoms with E-state index < -0.39 is 0 Å². The van der Waals surface area contributed by atoms with Gasteiger partial charge in [-0.25, -0.2) is 0 Å². The van der Waals surface area contributed by atoms with Gasteiger partial charge in [-0.15, -0.1) is 0 Å². The van der Waals surface area contributed by atoms with E-state index >= 15 is 0 Å². The topological polar surface area (TPSA) is 61.5 Å². The zero-order valence-corrected chi connectivity index (χ0v) is 15.5. The number of fused-ring (bicyclic) bond motifs is 3. The Morgan fingerprint density at radius 3 is 2.56 bits per heavy atom. The second-order valence-corrected chi connectivity index (χ2v) is 7.50. The van der Waals surface area contributed by atoms with Crippen LogP contribution in [-0.2, 0) is 0 Å². The van der Waals surface area contributed by atoms with Crippen molar-refractivity contribution >= 4 is 16.8 Å². The van der Waals surface area contributed by atoms with E-state index in [4.69, 9.17) is 4.74 Å². The quantitative estimate of drug-likeness (QED) is 0.778. The van der Waals surface area contributed by atoms with Gasteiger partial charge in [0.2, 0.25) is 0 Å². The van der Waals surface area contributed by atoms with Crippen LogP contribution in [0.1, 0.15) is 16.9 Å². The number of nitrogens with one attached hydrogen (secondary N) is 1. The molecule has 0 aliphatic carbocycles. The number of piperazine rings is 1. The molecule has 2 aromatic carbocycles. The van der Waals surface area contributed by atoms with Gasteiger partial charge in [-0.05, 0) is 48.9 Å². The summed E-state index contributed by atoms with van der Waals surface area (Å²) >= 11 is 0. The second-order valence-electron chi connectivity index (χ2n) is 7.50. The number of hydrogen-bond acceptors (Lipinski definition) is 4. The Labute approximate surface area is 157 Å². The van der Waals surface area contributed by atoms with Crippen molar-refractivity contribution in [2.24, 2.45) is 0 Å². The van der Waals surface area contributed by atoms with Gasteiger partial charge in [0.05, 0.1) is 12.6 Å². The van der Waals surface area contributed by atoms with Gasteiger partial charge in [0.1, 0.15) is 5.75 Å². The number of carbonyl (C=O) groups is 1. The Hall–Kier alpha value is -2.86. The van der Waals surface area contributed by atoms with E-state index in [-0.39, 0.29) is 5.91 Å². The largest absolute Gasteiger partial charge is 0.497 e. The van der Waals surface area contributed by atoms with Gasteiger partial charge in [0, 0.05) is 30.6 Å². The molecule has 3 aromatic rings. The summed E-state index contributed by atoms with van der Waals surface area (Å²) in [6.45, 7) is 1.75. The van der Waals surface area contributed by atoms with Crippen molar-refractivity contribution in [3.63, 3.8) is 0 Å². The van der Waals surface area contributed by atoms with E-state index in [0.29, 0.717) is 17.8 Å². The standard InChI is InChI=1S/C21H22N4O2/c1-24-11-16-10-15(24)12-25(16)21(26)20-18-9-14(5-8-19(18)22-23-20)13-3-6-17(27-2)7-4-13/h3-9,15-16H,10-12H2,1-2H3,(H,22,23)/t15-,16-/m0/s1. The zero-order valence-electron chi connectivity index (χ0n) is 15.5. The highest BCUT2D eigenvalue weighted by atomic mass is 16.5. The fraction of sp³-hybridized carbons (Fsp3) is 0.333. The number of methoxy groups -OCH3 is 1. The first kappa shape index (κ1) is 16.3. The van der Waals surface area contributed by atoms with Gasteiger partial charge in [0.15, 0.2) is 5.69 Å². The number of hydrogen-bond donors (Lipinski definition) is 1. The summed E-state index contributed by atoms with van der Waals surface area (Å²) in [5.41, 5.74) is 3.55. The SMILES string of the molecule is COc1ccc(-c2ccc3[nH]nc(C(=O)N4C[C@@H]5C[C@H]4CN5C)c3c2)cc1. The van der Waals surface area contributed by atoms with E-state index in [1.165, 1.54) is 0 Å². The monoisotopic (exact) mass is 362 g/mol. The van der Waals surface area contributed by atoms with Crippen molar-refractivity contribution in [1.29, 1.82) is 0 Å². The molecule has 2 aliphatic rings. The maximum atomic E-state index is 13.2. The number of aromatic amines is 1. The van der Waals surface area contributed by atoms with Crippen molar-refractivity contribution in [2.75, 3.05) is 27.2 Å². The Balaban J connectivity index is 1.49. The maximum Gasteiger partial charge on any atom is 0.275 e. The van der Waals surface area contributed by atoms with E-state index in [1.807, 2.05) is 47.4 Å². The molecule has 2 aliphatic heterocycles. The normalized spacial score (nSPS) is 21.9. The predicted octanol–water partition coefficient (Wildman–Crippen LogP) is 2.77. The predicted molar refractivity (Wildman–Crippen MR) is 104 cm³/mol. The van der Waals surface area contributed by atoms with Crippen molar-refractivity contribution in [1.82, 2.24) is 20.0 Å². The van der Waals surface area contributed by atoms with E-state index in [2.05, 4.69) is 22.1 Å². The van der Waals surface area contributed by atoms with E-state index in [1.54, 1.807) is 7.11 Å². The Kier molecular flexibility index (Phi) is 3.68. The minimum atomic E-state index is 0.0359. The smallest absolute Gasteiger partial charge is 0.275 e. The number of rotatable bonds is 3. The van der Waals surface area contributed by atoms with Gasteiger partial charge >= 0.3 is 0 Å². The van der Waals surface area contributed by atoms with Gasteiger partial charge < -0.3 is 9.64 Å². The molecule has 0 spiro atoms. The number of ether oxygens (including phenoxy) is 1. The summed E-state index contributed by atoms with van der Waals surface area (Å²) in [6, 6.07) is 14.8. The lowest BCUT2D eigenvalue weighted by atomic mass is 10.0. The first-order valence-electron chi connectivity index (χ1n) is 9.28. The molecule has 6 heteroatoms. The average Bonchev–Trinajstić information content (AvgIpc) is 3.40. The molecule has 1 amide bonds. The van der Waals surface area contributed by atoms with Crippen LogP contribution in [0.4, 0.5) is 0 Å². The van der Waals surface area contributed by atoms with Crippen LogP contribution >= 0.6 is 0 Å². The molecule has 27 heavy (non-hydrogen) atoms. The summed E-state index contributed by atoms with van der Waals surface area (Å²) < 4.78 is 5.23. The fourth-order valence-corrected chi connectivity index (χ4v) is 4.39. The highest BCUT2D eigenvalue weighted by Crippen LogP contribution is 2.32. The molecule has 2 saturated heterocycles. The molecule has 1 N–H and O–H groups in total. The molecule has 0 saturated carbocycles. The van der Waals surface area contributed by atoms with Crippen LogP contribution < -0.4 is 4.74 Å². The van der Waals surface area contributed by atoms with E-state index in [0.717, 1.165) is 47.3 Å². The lowest BCUT2D eigenvalue weighted by molar-refractivity contribution is 0.0646. The third kappa shape index (κ3) is 2.59. The van der Waals surface area contributed by atoms with Crippen LogP contribution in [-0.4, -0.2) is 65.2 Å². The molecule has 2 fully saturated rings. The summed E-state index contributed by atoms with van der Waals surface area (Å²) in [4.78, 5) is 17.5. The third-order valence-corrected chi connectivity index (χ3v) is 5.96. The number of benzene rings is 2. The Morgan fingerprint density at radius 2 is 1.89 bits per heavy atom. The van der Waals surface area contributed by atoms with Crippen LogP contribution in [0.2, 0.25) is 0 Å². The first-order valence-corrected chi connectivity index (χ1v) is 9.28. The Morgan fingerprint density at radius 1 is 1.11 bits per heavy atom. The van der Waals surface area contributed by atoms with Crippen LogP contribution in [0.3, 0.4) is 0 Å². The van der Waals surface area contributed by atoms with Gasteiger partial charge in [-0.3, -0.25) is 14.8 Å². The number of nitrogens with zero attached hydrogens (tertiary/aromatic N) is 3. The van der Waals surface area contributed by atoms with Crippen molar-refractivity contribution in [2.45, 2.75) is 18.5 Å². The summed E-state index contributed by atoms with van der Waals surface area (Å²) in [7, 11) is 3.80. The van der Waals surface area contributed by atoms with Gasteiger partial charge in [-0.1, -0.05) is 18.2 Å². The van der Waals surface area contributed by atoms with Gasteiger partial charge in [-0.2, -0.15) is 5.10 Å². The van der Waals surface area contributed by atoms with Crippen LogP contribution in [0.15, 0.2) is 42.5 Å². The summed E-state index contributed by atoms with van der Waals surface area (Å²) in [5.74, 6) is 0.863. The Bertz CT molecular complexity index is 1010. The molecule has 0 radical (unpaired) electrons. The third-order valence-electron chi connectivity index (χ3n) is 5.96. The molecule has 1 aromatic heterocycles. The number of likely N-dealkylation sites (N-methyl/N-ethyl adjacent to an activating group) is 1. The van der Waals surface area contributed by atoms with Gasteiger partial charge in [0.25, 0.3) is 5.91 Å². The molecular weight excluding hydrogens is 340 g/mol. The lowest BCUT2D eigenvalue weighted by Crippen LogP contribution is -2.47. The number of amides is 1. The number of carbonyl (C=O) groups excluding carboxylic acids is 1. The molecule has 0 unspecified atom stereocenters. The lowest BCUT2D eigenvalue weighted by Gasteiger charge is -2.31. The van der Waals surface area contributed by atoms with Crippen LogP contribution in [0.25, 0.3) is 22.0 Å². The molecule has 5 rings (SSSR count). The summed E-state index contributed by atoms with van der Waals surface area (Å²) in [6.07, 6.45) is 1.07. The van der Waals surface area contributed by atoms with Crippen molar-refractivity contribution in [3.05, 3.63) is 48.2 Å². The number of aromatic nitrogens is 2. The highest BCUT2D eigenvalue weighted by molar-refractivity contribution is 6.06. The fourth-order valence-electron chi connectivity index (χ4n) is 4.39. The molecule has 2 bridgehead atoms. The molecular formula is C21H22N4O2. The van der Waals surface area contributed by atoms with E-state index in [9.17, 15) is 4.79 Å². The minimum Gasteiger partial charge on any atom is -0.497 e. The zero-order chi connectivity index (χ0) is 18.5. The molecule has 138 valence electrons. The number of H-pyrrole nitrogens is 1. The maximum absolute atomic E-state index is 13.2. The van der Waals surface area contributed by atoms with Crippen molar-refractivity contribution < 1.29 is 9.53 Å². The van der Waals surface area contributed by atoms with Crippen LogP contribution in [0.5, 0.6) is 5.75 Å². The number of likely N-dealkylation sites (tertiary alicyclic amines) is 2. The molecule has 6 nitrogen and oxygen atoms in total. The first-order chi connectivity index (χ1) is 13.1. The minimum absolute atomic E-state index is 0.0359. The second kappa shape index (κ2) is 6.09. The summed E-state index contributed by atoms with van der Waals surface area (Å²) in [5, 5.41) is 8.25. The molecule has 3 heterocycles.